The van der Waals surface area contributed by atoms with E-state index < -0.39 is 0 Å². The quantitative estimate of drug-likeness (QED) is 0.625. The molecule has 1 aromatic carbocycles. The highest BCUT2D eigenvalue weighted by molar-refractivity contribution is 7.18. The molecule has 1 N–H and O–H groups in total. The van der Waals surface area contributed by atoms with Crippen molar-refractivity contribution in [2.45, 2.75) is 26.8 Å². The highest BCUT2D eigenvalue weighted by Crippen LogP contribution is 2.34. The first kappa shape index (κ1) is 20.1. The lowest BCUT2D eigenvalue weighted by Crippen LogP contribution is -2.15. The Morgan fingerprint density at radius 2 is 1.96 bits per heavy atom. The van der Waals surface area contributed by atoms with Gasteiger partial charge in [0.05, 0.1) is 37.2 Å². The van der Waals surface area contributed by atoms with E-state index in [-0.39, 0.29) is 12.3 Å². The van der Waals surface area contributed by atoms with Crippen LogP contribution in [0.3, 0.4) is 0 Å². The number of amides is 1. The zero-order chi connectivity index (χ0) is 20.3. The van der Waals surface area contributed by atoms with Gasteiger partial charge in [0, 0.05) is 12.0 Å². The Morgan fingerprint density at radius 3 is 2.61 bits per heavy atom. The van der Waals surface area contributed by atoms with Crippen LogP contribution >= 0.6 is 22.9 Å². The molecule has 3 rings (SSSR count). The van der Waals surface area contributed by atoms with E-state index in [0.717, 1.165) is 17.0 Å². The Morgan fingerprint density at radius 1 is 1.21 bits per heavy atom. The fourth-order valence-corrected chi connectivity index (χ4v) is 3.53. The predicted octanol–water partition coefficient (Wildman–Crippen LogP) is 3.72. The number of aromatic nitrogens is 4. The van der Waals surface area contributed by atoms with Gasteiger partial charge in [0.25, 0.3) is 0 Å². The molecule has 2 heterocycles. The molecule has 0 atom stereocenters. The first-order chi connectivity index (χ1) is 13.4. The fraction of sp³-hybridized carbons (Fsp3) is 0.333. The molecular formula is C18H20ClN5O3S. The van der Waals surface area contributed by atoms with Gasteiger partial charge < -0.3 is 14.8 Å². The van der Waals surface area contributed by atoms with Crippen molar-refractivity contribution in [2.75, 3.05) is 19.5 Å². The van der Waals surface area contributed by atoms with E-state index in [0.29, 0.717) is 33.2 Å². The standard InChI is InChI=1S/C18H20ClN5O3S/c1-10-16(19)11(2)24(23-10)8-7-15(25)20-18-22-21-17(28-18)12-5-6-13(26-3)14(9-12)27-4/h5-6,9H,7-8H2,1-4H3,(H,20,22,25). The number of carbonyl (C=O) groups is 1. The van der Waals surface area contributed by atoms with Crippen LogP contribution in [0, 0.1) is 13.8 Å². The van der Waals surface area contributed by atoms with Gasteiger partial charge in [0.2, 0.25) is 11.0 Å². The summed E-state index contributed by atoms with van der Waals surface area (Å²) in [7, 11) is 3.15. The van der Waals surface area contributed by atoms with Gasteiger partial charge in [-0.3, -0.25) is 9.48 Å². The van der Waals surface area contributed by atoms with Crippen molar-refractivity contribution in [2.24, 2.45) is 0 Å². The molecule has 1 amide bonds. The molecule has 10 heteroatoms. The molecule has 0 aliphatic rings. The van der Waals surface area contributed by atoms with E-state index in [4.69, 9.17) is 21.1 Å². The lowest BCUT2D eigenvalue weighted by atomic mass is 10.2. The van der Waals surface area contributed by atoms with Crippen molar-refractivity contribution < 1.29 is 14.3 Å². The SMILES string of the molecule is COc1ccc(-c2nnc(NC(=O)CCn3nc(C)c(Cl)c3C)s2)cc1OC. The van der Waals surface area contributed by atoms with Crippen molar-refractivity contribution in [1.82, 2.24) is 20.0 Å². The normalized spacial score (nSPS) is 10.8. The largest absolute Gasteiger partial charge is 0.493 e. The second-order valence-electron chi connectivity index (χ2n) is 5.99. The van der Waals surface area contributed by atoms with E-state index in [1.807, 2.05) is 26.0 Å². The Kier molecular flexibility index (Phi) is 6.15. The number of ether oxygens (including phenoxy) is 2. The smallest absolute Gasteiger partial charge is 0.228 e. The molecule has 8 nitrogen and oxygen atoms in total. The van der Waals surface area contributed by atoms with Crippen molar-refractivity contribution in [3.63, 3.8) is 0 Å². The summed E-state index contributed by atoms with van der Waals surface area (Å²) in [6.07, 6.45) is 0.254. The molecule has 0 bridgehead atoms. The number of hydrogen-bond donors (Lipinski definition) is 1. The molecule has 0 aliphatic heterocycles. The number of nitrogens with zero attached hydrogens (tertiary/aromatic N) is 4. The summed E-state index contributed by atoms with van der Waals surface area (Å²) in [5, 5.41) is 17.0. The van der Waals surface area contributed by atoms with Gasteiger partial charge in [-0.1, -0.05) is 22.9 Å². The van der Waals surface area contributed by atoms with E-state index >= 15 is 0 Å². The maximum absolute atomic E-state index is 12.2. The fourth-order valence-electron chi connectivity index (χ4n) is 2.64. The first-order valence-electron chi connectivity index (χ1n) is 8.48. The minimum atomic E-state index is -0.168. The molecule has 2 aromatic heterocycles. The van der Waals surface area contributed by atoms with Crippen LogP contribution in [-0.4, -0.2) is 40.1 Å². The molecule has 3 aromatic rings. The number of rotatable bonds is 7. The molecule has 0 saturated heterocycles. The Labute approximate surface area is 171 Å². The minimum Gasteiger partial charge on any atom is -0.493 e. The third kappa shape index (κ3) is 4.26. The molecular weight excluding hydrogens is 402 g/mol. The summed E-state index contributed by atoms with van der Waals surface area (Å²) in [6.45, 7) is 4.15. The van der Waals surface area contributed by atoms with Gasteiger partial charge in [-0.2, -0.15) is 5.10 Å². The van der Waals surface area contributed by atoms with Crippen LogP contribution in [0.2, 0.25) is 5.02 Å². The van der Waals surface area contributed by atoms with Crippen LogP contribution in [0.25, 0.3) is 10.6 Å². The monoisotopic (exact) mass is 421 g/mol. The Balaban J connectivity index is 1.64. The van der Waals surface area contributed by atoms with Gasteiger partial charge in [-0.05, 0) is 32.0 Å². The van der Waals surface area contributed by atoms with Crippen molar-refractivity contribution in [3.05, 3.63) is 34.6 Å². The molecule has 0 radical (unpaired) electrons. The number of aryl methyl sites for hydroxylation is 2. The number of methoxy groups -OCH3 is 2. The highest BCUT2D eigenvalue weighted by atomic mass is 35.5. The molecule has 0 aliphatic carbocycles. The third-order valence-corrected chi connectivity index (χ3v) is 5.58. The summed E-state index contributed by atoms with van der Waals surface area (Å²) >= 11 is 7.41. The number of hydrogen-bond acceptors (Lipinski definition) is 7. The summed E-state index contributed by atoms with van der Waals surface area (Å²) in [6, 6.07) is 5.48. The maximum Gasteiger partial charge on any atom is 0.228 e. The Hall–Kier alpha value is -2.65. The molecule has 0 unspecified atom stereocenters. The van der Waals surface area contributed by atoms with Crippen LogP contribution in [0.4, 0.5) is 5.13 Å². The van der Waals surface area contributed by atoms with Crippen molar-refractivity contribution in [3.8, 4) is 22.1 Å². The zero-order valence-corrected chi connectivity index (χ0v) is 17.5. The minimum absolute atomic E-state index is 0.168. The molecule has 0 spiro atoms. The van der Waals surface area contributed by atoms with E-state index in [1.165, 1.54) is 11.3 Å². The predicted molar refractivity (Wildman–Crippen MR) is 108 cm³/mol. The van der Waals surface area contributed by atoms with Crippen LogP contribution in [0.15, 0.2) is 18.2 Å². The second-order valence-corrected chi connectivity index (χ2v) is 7.34. The van der Waals surface area contributed by atoms with E-state index in [1.54, 1.807) is 25.0 Å². The first-order valence-corrected chi connectivity index (χ1v) is 9.67. The van der Waals surface area contributed by atoms with Crippen LogP contribution < -0.4 is 14.8 Å². The van der Waals surface area contributed by atoms with E-state index in [9.17, 15) is 4.79 Å². The average Bonchev–Trinajstić information content (AvgIpc) is 3.26. The summed E-state index contributed by atoms with van der Waals surface area (Å²) in [5.41, 5.74) is 2.43. The summed E-state index contributed by atoms with van der Waals surface area (Å²) < 4.78 is 12.3. The number of nitrogens with one attached hydrogen (secondary N) is 1. The Bertz CT molecular complexity index is 1000. The van der Waals surface area contributed by atoms with Gasteiger partial charge in [0.15, 0.2) is 11.5 Å². The third-order valence-electron chi connectivity index (χ3n) is 4.15. The second kappa shape index (κ2) is 8.57. The average molecular weight is 422 g/mol. The number of anilines is 1. The van der Waals surface area contributed by atoms with Gasteiger partial charge in [-0.15, -0.1) is 10.2 Å². The number of carbonyl (C=O) groups excluding carboxylic acids is 1. The van der Waals surface area contributed by atoms with Crippen LogP contribution in [0.5, 0.6) is 11.5 Å². The van der Waals surface area contributed by atoms with Gasteiger partial charge in [0.1, 0.15) is 5.01 Å². The lowest BCUT2D eigenvalue weighted by molar-refractivity contribution is -0.116. The van der Waals surface area contributed by atoms with E-state index in [2.05, 4.69) is 20.6 Å². The molecule has 0 saturated carbocycles. The molecule has 148 valence electrons. The van der Waals surface area contributed by atoms with Crippen molar-refractivity contribution in [1.29, 1.82) is 0 Å². The molecule has 0 fully saturated rings. The number of halogens is 1. The van der Waals surface area contributed by atoms with Crippen LogP contribution in [0.1, 0.15) is 17.8 Å². The molecule has 28 heavy (non-hydrogen) atoms. The van der Waals surface area contributed by atoms with Crippen LogP contribution in [-0.2, 0) is 11.3 Å². The lowest BCUT2D eigenvalue weighted by Gasteiger charge is -2.07. The van der Waals surface area contributed by atoms with Gasteiger partial charge >= 0.3 is 0 Å². The summed E-state index contributed by atoms with van der Waals surface area (Å²) in [4.78, 5) is 12.2. The van der Waals surface area contributed by atoms with Crippen molar-refractivity contribution >= 4 is 34.0 Å². The zero-order valence-electron chi connectivity index (χ0n) is 15.9. The topological polar surface area (TPSA) is 91.2 Å². The number of benzene rings is 1. The summed E-state index contributed by atoms with van der Waals surface area (Å²) in [5.74, 6) is 1.07. The van der Waals surface area contributed by atoms with Gasteiger partial charge in [-0.25, -0.2) is 0 Å². The highest BCUT2D eigenvalue weighted by Gasteiger charge is 2.14. The maximum atomic E-state index is 12.2.